The standard InChI is InChI=1S/C28H29Cl4N3O4S/c1-18(2)33-28(37)26(13-19-9-5-4-6-10-19)34(16-20-11-7-8-12-21(20)29)27(36)17-35(40(3,38)39)25-15-23(31)22(30)14-24(25)32/h4-12,14-15,18,26H,13,16-17H2,1-3H3,(H,33,37)/t26-/m0/s1. The lowest BCUT2D eigenvalue weighted by molar-refractivity contribution is -0.140. The molecule has 0 unspecified atom stereocenters. The van der Waals surface area contributed by atoms with Crippen LogP contribution in [-0.4, -0.2) is 50.0 Å². The number of sulfonamides is 1. The van der Waals surface area contributed by atoms with Crippen molar-refractivity contribution in [3.8, 4) is 0 Å². The molecule has 0 bridgehead atoms. The first-order chi connectivity index (χ1) is 18.8. The highest BCUT2D eigenvalue weighted by molar-refractivity contribution is 7.92. The molecule has 0 spiro atoms. The predicted octanol–water partition coefficient (Wildman–Crippen LogP) is 6.23. The predicted molar refractivity (Wildman–Crippen MR) is 163 cm³/mol. The Balaban J connectivity index is 2.11. The molecule has 0 aliphatic rings. The molecule has 0 radical (unpaired) electrons. The number of halogens is 4. The number of nitrogens with one attached hydrogen (secondary N) is 1. The van der Waals surface area contributed by atoms with Gasteiger partial charge in [0.05, 0.1) is 27.0 Å². The maximum absolute atomic E-state index is 14.1. The van der Waals surface area contributed by atoms with Gasteiger partial charge < -0.3 is 10.2 Å². The monoisotopic (exact) mass is 643 g/mol. The van der Waals surface area contributed by atoms with Crippen LogP contribution in [0, 0.1) is 0 Å². The fourth-order valence-electron chi connectivity index (χ4n) is 4.04. The third-order valence-corrected chi connectivity index (χ3v) is 8.46. The van der Waals surface area contributed by atoms with Gasteiger partial charge in [-0.15, -0.1) is 0 Å². The lowest BCUT2D eigenvalue weighted by atomic mass is 10.0. The Labute approximate surface area is 255 Å². The largest absolute Gasteiger partial charge is 0.352 e. The zero-order valence-corrected chi connectivity index (χ0v) is 25.9. The number of carbonyl (C=O) groups excluding carboxylic acids is 2. The highest BCUT2D eigenvalue weighted by atomic mass is 35.5. The van der Waals surface area contributed by atoms with Crippen LogP contribution < -0.4 is 9.62 Å². The summed E-state index contributed by atoms with van der Waals surface area (Å²) in [6.07, 6.45) is 1.13. The SMILES string of the molecule is CC(C)NC(=O)[C@H](Cc1ccccc1)N(Cc1ccccc1Cl)C(=O)CN(c1cc(Cl)c(Cl)cc1Cl)S(C)(=O)=O. The van der Waals surface area contributed by atoms with Gasteiger partial charge >= 0.3 is 0 Å². The van der Waals surface area contributed by atoms with Crippen molar-refractivity contribution in [2.24, 2.45) is 0 Å². The maximum atomic E-state index is 14.1. The number of nitrogens with zero attached hydrogens (tertiary/aromatic N) is 2. The average Bonchev–Trinajstić information content (AvgIpc) is 2.87. The summed E-state index contributed by atoms with van der Waals surface area (Å²) < 4.78 is 26.7. The molecule has 0 aliphatic carbocycles. The molecule has 40 heavy (non-hydrogen) atoms. The van der Waals surface area contributed by atoms with Gasteiger partial charge in [0.1, 0.15) is 12.6 Å². The molecule has 0 saturated heterocycles. The van der Waals surface area contributed by atoms with Crippen LogP contribution in [0.3, 0.4) is 0 Å². The third kappa shape index (κ3) is 8.51. The molecule has 7 nitrogen and oxygen atoms in total. The van der Waals surface area contributed by atoms with Crippen LogP contribution in [-0.2, 0) is 32.6 Å². The summed E-state index contributed by atoms with van der Waals surface area (Å²) in [5.41, 5.74) is 1.39. The highest BCUT2D eigenvalue weighted by Crippen LogP contribution is 2.35. The van der Waals surface area contributed by atoms with Crippen LogP contribution in [0.1, 0.15) is 25.0 Å². The van der Waals surface area contributed by atoms with E-state index in [0.717, 1.165) is 16.1 Å². The summed E-state index contributed by atoms with van der Waals surface area (Å²) in [7, 11) is -4.03. The minimum absolute atomic E-state index is 0.0105. The Kier molecular flexibility index (Phi) is 11.1. The molecule has 0 saturated carbocycles. The van der Waals surface area contributed by atoms with Crippen LogP contribution in [0.5, 0.6) is 0 Å². The first kappa shape index (κ1) is 32.0. The van der Waals surface area contributed by atoms with E-state index in [4.69, 9.17) is 46.4 Å². The molecule has 3 aromatic carbocycles. The van der Waals surface area contributed by atoms with E-state index in [0.29, 0.717) is 10.6 Å². The third-order valence-electron chi connectivity index (χ3n) is 5.94. The summed E-state index contributed by atoms with van der Waals surface area (Å²) in [6.45, 7) is 2.93. The van der Waals surface area contributed by atoms with E-state index in [-0.39, 0.29) is 39.8 Å². The quantitative estimate of drug-likeness (QED) is 0.251. The summed E-state index contributed by atoms with van der Waals surface area (Å²) in [5.74, 6) is -1.04. The molecule has 3 rings (SSSR count). The fourth-order valence-corrected chi connectivity index (χ4v) is 5.78. The number of amides is 2. The number of benzene rings is 3. The molecular weight excluding hydrogens is 616 g/mol. The average molecular weight is 645 g/mol. The number of hydrogen-bond donors (Lipinski definition) is 1. The minimum Gasteiger partial charge on any atom is -0.352 e. The van der Waals surface area contributed by atoms with Gasteiger partial charge in [-0.2, -0.15) is 0 Å². The number of carbonyl (C=O) groups is 2. The van der Waals surface area contributed by atoms with E-state index in [1.807, 2.05) is 44.2 Å². The van der Waals surface area contributed by atoms with Gasteiger partial charge in [0.2, 0.25) is 21.8 Å². The lowest BCUT2D eigenvalue weighted by Gasteiger charge is -2.34. The number of rotatable bonds is 11. The summed E-state index contributed by atoms with van der Waals surface area (Å²) in [4.78, 5) is 29.0. The van der Waals surface area contributed by atoms with E-state index in [2.05, 4.69) is 5.32 Å². The zero-order valence-electron chi connectivity index (χ0n) is 22.1. The molecule has 1 atom stereocenters. The van der Waals surface area contributed by atoms with Crippen LogP contribution in [0.2, 0.25) is 20.1 Å². The van der Waals surface area contributed by atoms with Crippen molar-refractivity contribution in [3.63, 3.8) is 0 Å². The van der Waals surface area contributed by atoms with Gasteiger partial charge in [0.25, 0.3) is 0 Å². The van der Waals surface area contributed by atoms with Crippen molar-refractivity contribution in [2.45, 2.75) is 38.9 Å². The van der Waals surface area contributed by atoms with Crippen molar-refractivity contribution in [1.29, 1.82) is 0 Å². The Morgan fingerprint density at radius 1 is 0.850 bits per heavy atom. The van der Waals surface area contributed by atoms with Crippen molar-refractivity contribution in [2.75, 3.05) is 17.1 Å². The molecule has 1 N–H and O–H groups in total. The Bertz CT molecular complexity index is 1470. The first-order valence-electron chi connectivity index (χ1n) is 12.3. The zero-order chi connectivity index (χ0) is 29.6. The second-order valence-corrected chi connectivity index (χ2v) is 13.0. The van der Waals surface area contributed by atoms with Crippen LogP contribution in [0.15, 0.2) is 66.7 Å². The molecule has 0 aromatic heterocycles. The Hall–Kier alpha value is -2.49. The number of hydrogen-bond acceptors (Lipinski definition) is 4. The van der Waals surface area contributed by atoms with Crippen molar-refractivity contribution in [3.05, 3.63) is 97.9 Å². The molecule has 0 aliphatic heterocycles. The second kappa shape index (κ2) is 13.9. The van der Waals surface area contributed by atoms with Gasteiger partial charge in [-0.05, 0) is 43.2 Å². The summed E-state index contributed by atoms with van der Waals surface area (Å²) in [6, 6.07) is 17.6. The van der Waals surface area contributed by atoms with E-state index in [1.54, 1.807) is 24.3 Å². The first-order valence-corrected chi connectivity index (χ1v) is 15.6. The molecule has 214 valence electrons. The minimum atomic E-state index is -4.03. The molecule has 0 heterocycles. The van der Waals surface area contributed by atoms with Gasteiger partial charge in [0.15, 0.2) is 0 Å². The molecule has 12 heteroatoms. The van der Waals surface area contributed by atoms with E-state index < -0.39 is 34.4 Å². The van der Waals surface area contributed by atoms with Crippen LogP contribution in [0.4, 0.5) is 5.69 Å². The van der Waals surface area contributed by atoms with Crippen LogP contribution in [0.25, 0.3) is 0 Å². The van der Waals surface area contributed by atoms with Gasteiger partial charge in [-0.3, -0.25) is 13.9 Å². The Morgan fingerprint density at radius 2 is 1.45 bits per heavy atom. The fraction of sp³-hybridized carbons (Fsp3) is 0.286. The maximum Gasteiger partial charge on any atom is 0.244 e. The highest BCUT2D eigenvalue weighted by Gasteiger charge is 2.34. The molecule has 0 fully saturated rings. The molecule has 2 amide bonds. The number of anilines is 1. The lowest BCUT2D eigenvalue weighted by Crippen LogP contribution is -2.54. The van der Waals surface area contributed by atoms with E-state index in [9.17, 15) is 18.0 Å². The topological polar surface area (TPSA) is 86.8 Å². The normalized spacial score (nSPS) is 12.2. The molecular formula is C28H29Cl4N3O4S. The molecule has 3 aromatic rings. The Morgan fingerprint density at radius 3 is 2.05 bits per heavy atom. The summed E-state index contributed by atoms with van der Waals surface area (Å²) in [5, 5.41) is 3.47. The van der Waals surface area contributed by atoms with Crippen molar-refractivity contribution >= 4 is 73.9 Å². The van der Waals surface area contributed by atoms with Gasteiger partial charge in [0, 0.05) is 24.0 Å². The smallest absolute Gasteiger partial charge is 0.244 e. The second-order valence-electron chi connectivity index (χ2n) is 9.47. The van der Waals surface area contributed by atoms with Gasteiger partial charge in [-0.25, -0.2) is 8.42 Å². The van der Waals surface area contributed by atoms with Gasteiger partial charge in [-0.1, -0.05) is 94.9 Å². The van der Waals surface area contributed by atoms with E-state index >= 15 is 0 Å². The van der Waals surface area contributed by atoms with Crippen LogP contribution >= 0.6 is 46.4 Å². The van der Waals surface area contributed by atoms with E-state index in [1.165, 1.54) is 17.0 Å². The summed E-state index contributed by atoms with van der Waals surface area (Å²) >= 11 is 25.0. The van der Waals surface area contributed by atoms with Crippen molar-refractivity contribution < 1.29 is 18.0 Å². The van der Waals surface area contributed by atoms with Crippen molar-refractivity contribution in [1.82, 2.24) is 10.2 Å².